The highest BCUT2D eigenvalue weighted by atomic mass is 79.9. The van der Waals surface area contributed by atoms with Crippen molar-refractivity contribution in [3.63, 3.8) is 0 Å². The largest absolute Gasteiger partial charge is 0.464 e. The van der Waals surface area contributed by atoms with Gasteiger partial charge in [0, 0.05) is 21.5 Å². The fourth-order valence-corrected chi connectivity index (χ4v) is 2.43. The van der Waals surface area contributed by atoms with Crippen LogP contribution in [0.1, 0.15) is 0 Å². The molecular formula is C14H8BrNO3. The molecule has 0 aliphatic rings. The molecular weight excluding hydrogens is 310 g/mol. The van der Waals surface area contributed by atoms with Gasteiger partial charge in [-0.2, -0.15) is 0 Å². The van der Waals surface area contributed by atoms with E-state index in [-0.39, 0.29) is 10.6 Å². The molecule has 2 aromatic carbocycles. The Morgan fingerprint density at radius 2 is 1.89 bits per heavy atom. The fraction of sp³-hybridized carbons (Fsp3) is 0. The molecule has 5 heteroatoms. The summed E-state index contributed by atoms with van der Waals surface area (Å²) in [4.78, 5) is 10.7. The van der Waals surface area contributed by atoms with E-state index >= 15 is 0 Å². The van der Waals surface area contributed by atoms with Crippen molar-refractivity contribution in [2.75, 3.05) is 0 Å². The molecule has 0 saturated carbocycles. The van der Waals surface area contributed by atoms with Crippen LogP contribution in [0.15, 0.2) is 57.6 Å². The second-order valence-electron chi connectivity index (χ2n) is 4.06. The summed E-state index contributed by atoms with van der Waals surface area (Å²) in [7, 11) is 0. The third-order valence-corrected chi connectivity index (χ3v) is 3.42. The molecule has 0 bridgehead atoms. The lowest BCUT2D eigenvalue weighted by molar-refractivity contribution is -0.384. The summed E-state index contributed by atoms with van der Waals surface area (Å²) in [5, 5.41) is 11.9. The van der Waals surface area contributed by atoms with Crippen LogP contribution in [-0.2, 0) is 0 Å². The number of hydrogen-bond acceptors (Lipinski definition) is 3. The van der Waals surface area contributed by atoms with Crippen LogP contribution < -0.4 is 0 Å². The molecule has 0 atom stereocenters. The van der Waals surface area contributed by atoms with Crippen LogP contribution in [0.3, 0.4) is 0 Å². The molecule has 0 fully saturated rings. The van der Waals surface area contributed by atoms with Gasteiger partial charge >= 0.3 is 0 Å². The van der Waals surface area contributed by atoms with Gasteiger partial charge in [0.1, 0.15) is 5.58 Å². The number of benzene rings is 2. The van der Waals surface area contributed by atoms with Crippen molar-refractivity contribution in [2.24, 2.45) is 0 Å². The topological polar surface area (TPSA) is 56.3 Å². The van der Waals surface area contributed by atoms with Crippen molar-refractivity contribution in [3.8, 4) is 11.1 Å². The van der Waals surface area contributed by atoms with Gasteiger partial charge in [0.05, 0.1) is 16.7 Å². The van der Waals surface area contributed by atoms with E-state index in [1.54, 1.807) is 24.5 Å². The molecule has 0 spiro atoms. The van der Waals surface area contributed by atoms with Gasteiger partial charge < -0.3 is 4.42 Å². The summed E-state index contributed by atoms with van der Waals surface area (Å²) >= 11 is 3.40. The predicted molar refractivity (Wildman–Crippen MR) is 76.0 cm³/mol. The maximum Gasteiger partial charge on any atom is 0.277 e. The Morgan fingerprint density at radius 1 is 1.11 bits per heavy atom. The number of fused-ring (bicyclic) bond motifs is 1. The summed E-state index contributed by atoms with van der Waals surface area (Å²) in [5.74, 6) is 0. The summed E-state index contributed by atoms with van der Waals surface area (Å²) < 4.78 is 6.35. The van der Waals surface area contributed by atoms with E-state index in [0.29, 0.717) is 11.1 Å². The first-order valence-corrected chi connectivity index (χ1v) is 6.36. The molecule has 3 aromatic rings. The lowest BCUT2D eigenvalue weighted by Gasteiger charge is -2.00. The number of nitro groups is 1. The van der Waals surface area contributed by atoms with Gasteiger partial charge in [-0.25, -0.2) is 0 Å². The molecule has 0 radical (unpaired) electrons. The van der Waals surface area contributed by atoms with Gasteiger partial charge in [-0.05, 0) is 24.3 Å². The van der Waals surface area contributed by atoms with Gasteiger partial charge in [0.15, 0.2) is 0 Å². The van der Waals surface area contributed by atoms with Crippen LogP contribution in [0.2, 0.25) is 0 Å². The zero-order chi connectivity index (χ0) is 13.4. The van der Waals surface area contributed by atoms with Gasteiger partial charge in [-0.3, -0.25) is 10.1 Å². The monoisotopic (exact) mass is 317 g/mol. The summed E-state index contributed by atoms with van der Waals surface area (Å²) in [6, 6.07) is 12.2. The molecule has 1 heterocycles. The number of furan rings is 1. The van der Waals surface area contributed by atoms with E-state index < -0.39 is 0 Å². The van der Waals surface area contributed by atoms with Gasteiger partial charge in [0.25, 0.3) is 5.69 Å². The molecule has 0 unspecified atom stereocenters. The number of para-hydroxylation sites is 1. The number of rotatable bonds is 2. The van der Waals surface area contributed by atoms with Crippen molar-refractivity contribution < 1.29 is 9.34 Å². The molecule has 0 aliphatic carbocycles. The lowest BCUT2D eigenvalue weighted by Crippen LogP contribution is -1.90. The number of nitro benzene ring substituents is 1. The van der Waals surface area contributed by atoms with Crippen LogP contribution in [0.4, 0.5) is 5.69 Å². The molecule has 94 valence electrons. The van der Waals surface area contributed by atoms with Crippen LogP contribution in [0, 0.1) is 10.1 Å². The third kappa shape index (κ3) is 2.02. The fourth-order valence-electron chi connectivity index (χ4n) is 2.07. The lowest BCUT2D eigenvalue weighted by atomic mass is 10.0. The van der Waals surface area contributed by atoms with Crippen LogP contribution in [-0.4, -0.2) is 4.92 Å². The number of nitrogens with zero attached hydrogens (tertiary/aromatic N) is 1. The highest BCUT2D eigenvalue weighted by molar-refractivity contribution is 9.10. The van der Waals surface area contributed by atoms with E-state index in [1.165, 1.54) is 6.07 Å². The maximum absolute atomic E-state index is 11.1. The second kappa shape index (κ2) is 4.51. The van der Waals surface area contributed by atoms with Crippen molar-refractivity contribution in [1.29, 1.82) is 0 Å². The minimum Gasteiger partial charge on any atom is -0.464 e. The second-order valence-corrected chi connectivity index (χ2v) is 4.98. The minimum absolute atomic E-state index is 0.0742. The zero-order valence-corrected chi connectivity index (χ0v) is 11.3. The Bertz CT molecular complexity index is 779. The standard InChI is InChI=1S/C14H8BrNO3/c15-9-5-6-14-11(7-9)12(8-19-14)10-3-1-2-4-13(10)16(17)18/h1-8H. The SMILES string of the molecule is O=[N+]([O-])c1ccccc1-c1coc2ccc(Br)cc12. The Labute approximate surface area is 116 Å². The van der Waals surface area contributed by atoms with Crippen molar-refractivity contribution in [1.82, 2.24) is 0 Å². The Balaban J connectivity index is 2.31. The van der Waals surface area contributed by atoms with Crippen LogP contribution >= 0.6 is 15.9 Å². The Morgan fingerprint density at radius 3 is 2.68 bits per heavy atom. The average Bonchev–Trinajstić information content (AvgIpc) is 2.81. The first-order valence-electron chi connectivity index (χ1n) is 5.57. The molecule has 4 nitrogen and oxygen atoms in total. The van der Waals surface area contributed by atoms with Crippen molar-refractivity contribution in [3.05, 3.63) is 63.3 Å². The molecule has 0 saturated heterocycles. The van der Waals surface area contributed by atoms with Crippen LogP contribution in [0.25, 0.3) is 22.1 Å². The minimum atomic E-state index is -0.383. The predicted octanol–water partition coefficient (Wildman–Crippen LogP) is 4.77. The Kier molecular flexibility index (Phi) is 2.83. The van der Waals surface area contributed by atoms with E-state index in [0.717, 1.165) is 15.4 Å². The molecule has 19 heavy (non-hydrogen) atoms. The van der Waals surface area contributed by atoms with E-state index in [1.807, 2.05) is 18.2 Å². The first kappa shape index (κ1) is 11.9. The van der Waals surface area contributed by atoms with Crippen LogP contribution in [0.5, 0.6) is 0 Å². The molecule has 0 N–H and O–H groups in total. The molecule has 1 aromatic heterocycles. The van der Waals surface area contributed by atoms with Gasteiger partial charge in [-0.1, -0.05) is 28.1 Å². The molecule has 3 rings (SSSR count). The normalized spacial score (nSPS) is 10.8. The quantitative estimate of drug-likeness (QED) is 0.505. The number of hydrogen-bond donors (Lipinski definition) is 0. The average molecular weight is 318 g/mol. The van der Waals surface area contributed by atoms with Crippen molar-refractivity contribution in [2.45, 2.75) is 0 Å². The smallest absolute Gasteiger partial charge is 0.277 e. The zero-order valence-electron chi connectivity index (χ0n) is 9.67. The maximum atomic E-state index is 11.1. The van der Waals surface area contributed by atoms with E-state index in [4.69, 9.17) is 4.42 Å². The highest BCUT2D eigenvalue weighted by Gasteiger charge is 2.18. The van der Waals surface area contributed by atoms with Gasteiger partial charge in [0.2, 0.25) is 0 Å². The van der Waals surface area contributed by atoms with Crippen molar-refractivity contribution >= 4 is 32.6 Å². The van der Waals surface area contributed by atoms with E-state index in [9.17, 15) is 10.1 Å². The third-order valence-electron chi connectivity index (χ3n) is 2.93. The number of halogens is 1. The highest BCUT2D eigenvalue weighted by Crippen LogP contribution is 2.36. The Hall–Kier alpha value is -2.14. The summed E-state index contributed by atoms with van der Waals surface area (Å²) in [5.41, 5.74) is 2.06. The molecule has 0 aliphatic heterocycles. The summed E-state index contributed by atoms with van der Waals surface area (Å²) in [6.07, 6.45) is 1.56. The van der Waals surface area contributed by atoms with Gasteiger partial charge in [-0.15, -0.1) is 0 Å². The van der Waals surface area contributed by atoms with E-state index in [2.05, 4.69) is 15.9 Å². The summed E-state index contributed by atoms with van der Waals surface area (Å²) in [6.45, 7) is 0. The first-order chi connectivity index (χ1) is 9.16. The molecule has 0 amide bonds.